The number of aromatic nitrogens is 3. The zero-order valence-electron chi connectivity index (χ0n) is 14.2. The second kappa shape index (κ2) is 5.81. The summed E-state index contributed by atoms with van der Waals surface area (Å²) in [5, 5.41) is 5.09. The molecule has 24 heavy (non-hydrogen) atoms. The topological polar surface area (TPSA) is 76.9 Å². The van der Waals surface area contributed by atoms with Gasteiger partial charge in [0, 0.05) is 24.7 Å². The molecular formula is C17H24N4O2S. The van der Waals surface area contributed by atoms with E-state index >= 15 is 0 Å². The van der Waals surface area contributed by atoms with Crippen LogP contribution in [0.15, 0.2) is 17.2 Å². The van der Waals surface area contributed by atoms with Crippen LogP contribution in [0.1, 0.15) is 44.2 Å². The zero-order chi connectivity index (χ0) is 16.9. The molecule has 2 heterocycles. The largest absolute Gasteiger partial charge is 0.250 e. The fourth-order valence-corrected chi connectivity index (χ4v) is 5.41. The van der Waals surface area contributed by atoms with Crippen molar-refractivity contribution in [3.8, 4) is 0 Å². The summed E-state index contributed by atoms with van der Waals surface area (Å²) in [6.45, 7) is 1.87. The maximum Gasteiger partial charge on any atom is 0.242 e. The summed E-state index contributed by atoms with van der Waals surface area (Å²) in [7, 11) is -1.70. The molecule has 0 aliphatic heterocycles. The minimum Gasteiger partial charge on any atom is -0.250 e. The van der Waals surface area contributed by atoms with Crippen LogP contribution in [0.25, 0.3) is 11.0 Å². The van der Waals surface area contributed by atoms with Gasteiger partial charge in [-0.3, -0.25) is 4.68 Å². The van der Waals surface area contributed by atoms with E-state index in [1.807, 2.05) is 14.0 Å². The zero-order valence-corrected chi connectivity index (χ0v) is 15.0. The van der Waals surface area contributed by atoms with E-state index in [9.17, 15) is 8.42 Å². The molecule has 0 bridgehead atoms. The Hall–Kier alpha value is -1.47. The van der Waals surface area contributed by atoms with E-state index in [0.29, 0.717) is 17.5 Å². The maximum absolute atomic E-state index is 12.7. The van der Waals surface area contributed by atoms with Crippen molar-refractivity contribution in [2.24, 2.45) is 18.9 Å². The van der Waals surface area contributed by atoms with Crippen molar-refractivity contribution >= 4 is 21.1 Å². The predicted octanol–water partition coefficient (Wildman–Crippen LogP) is 2.52. The first-order chi connectivity index (χ1) is 11.5. The Labute approximate surface area is 142 Å². The number of rotatable bonds is 4. The smallest absolute Gasteiger partial charge is 0.242 e. The van der Waals surface area contributed by atoms with Gasteiger partial charge in [-0.15, -0.1) is 0 Å². The number of pyridine rings is 1. The predicted molar refractivity (Wildman–Crippen MR) is 92.0 cm³/mol. The van der Waals surface area contributed by atoms with E-state index in [1.165, 1.54) is 38.3 Å². The van der Waals surface area contributed by atoms with Crippen LogP contribution in [0.4, 0.5) is 0 Å². The third-order valence-corrected chi connectivity index (χ3v) is 7.01. The molecule has 130 valence electrons. The van der Waals surface area contributed by atoms with Crippen LogP contribution in [-0.2, 0) is 17.1 Å². The van der Waals surface area contributed by atoms with Crippen molar-refractivity contribution in [2.75, 3.05) is 0 Å². The number of hydrogen-bond acceptors (Lipinski definition) is 4. The number of nitrogens with one attached hydrogen (secondary N) is 1. The lowest BCUT2D eigenvalue weighted by atomic mass is 9.86. The molecule has 2 aromatic rings. The first-order valence-electron chi connectivity index (χ1n) is 8.77. The van der Waals surface area contributed by atoms with Gasteiger partial charge in [0.15, 0.2) is 5.65 Å². The Morgan fingerprint density at radius 2 is 2.00 bits per heavy atom. The van der Waals surface area contributed by atoms with Gasteiger partial charge in [-0.2, -0.15) is 5.10 Å². The van der Waals surface area contributed by atoms with Gasteiger partial charge in [-0.05, 0) is 31.2 Å². The van der Waals surface area contributed by atoms with E-state index in [-0.39, 0.29) is 10.9 Å². The molecule has 2 aliphatic rings. The third-order valence-electron chi connectivity index (χ3n) is 5.55. The average Bonchev–Trinajstić information content (AvgIpc) is 3.26. The Morgan fingerprint density at radius 1 is 1.25 bits per heavy atom. The van der Waals surface area contributed by atoms with Crippen LogP contribution >= 0.6 is 0 Å². The molecule has 2 aliphatic carbocycles. The van der Waals surface area contributed by atoms with Crippen LogP contribution in [0.3, 0.4) is 0 Å². The second-order valence-corrected chi connectivity index (χ2v) is 8.99. The molecule has 0 amide bonds. The van der Waals surface area contributed by atoms with Crippen LogP contribution in [0.5, 0.6) is 0 Å². The molecule has 2 unspecified atom stereocenters. The molecule has 7 heteroatoms. The van der Waals surface area contributed by atoms with Crippen molar-refractivity contribution in [1.82, 2.24) is 19.5 Å². The normalized spacial score (nSPS) is 25.2. The van der Waals surface area contributed by atoms with Crippen LogP contribution in [0, 0.1) is 18.8 Å². The molecule has 2 saturated carbocycles. The van der Waals surface area contributed by atoms with Crippen molar-refractivity contribution in [2.45, 2.75) is 56.4 Å². The Kier molecular flexibility index (Phi) is 3.88. The lowest BCUT2D eigenvalue weighted by Crippen LogP contribution is -2.28. The fourth-order valence-electron chi connectivity index (χ4n) is 4.14. The minimum atomic E-state index is -3.52. The number of hydrogen-bond donors (Lipinski definition) is 1. The highest BCUT2D eigenvalue weighted by Crippen LogP contribution is 2.44. The highest BCUT2D eigenvalue weighted by Gasteiger charge is 2.45. The number of fused-ring (bicyclic) bond motifs is 1. The number of sulfonamides is 1. The Morgan fingerprint density at radius 3 is 2.75 bits per heavy atom. The van der Waals surface area contributed by atoms with Crippen LogP contribution in [-0.4, -0.2) is 29.2 Å². The van der Waals surface area contributed by atoms with E-state index in [0.717, 1.165) is 17.5 Å². The van der Waals surface area contributed by atoms with Crippen molar-refractivity contribution in [3.63, 3.8) is 0 Å². The molecular weight excluding hydrogens is 324 g/mol. The van der Waals surface area contributed by atoms with Gasteiger partial charge in [-0.25, -0.2) is 18.1 Å². The molecule has 0 spiro atoms. The highest BCUT2D eigenvalue weighted by atomic mass is 32.2. The second-order valence-electron chi connectivity index (χ2n) is 7.28. The van der Waals surface area contributed by atoms with E-state index in [4.69, 9.17) is 0 Å². The summed E-state index contributed by atoms with van der Waals surface area (Å²) >= 11 is 0. The molecule has 2 aromatic heterocycles. The Bertz CT molecular complexity index is 868. The van der Waals surface area contributed by atoms with Crippen LogP contribution in [0.2, 0.25) is 0 Å². The van der Waals surface area contributed by atoms with E-state index in [2.05, 4.69) is 14.8 Å². The lowest BCUT2D eigenvalue weighted by Gasteiger charge is -2.21. The summed E-state index contributed by atoms with van der Waals surface area (Å²) in [6, 6.07) is 1.79. The first-order valence-corrected chi connectivity index (χ1v) is 10.3. The molecule has 2 atom stereocenters. The molecule has 0 aromatic carbocycles. The number of nitrogens with zero attached hydrogens (tertiary/aromatic N) is 3. The third kappa shape index (κ3) is 2.84. The van der Waals surface area contributed by atoms with Gasteiger partial charge >= 0.3 is 0 Å². The molecule has 4 rings (SSSR count). The minimum absolute atomic E-state index is 0.101. The molecule has 2 fully saturated rings. The summed E-state index contributed by atoms with van der Waals surface area (Å²) < 4.78 is 30.0. The maximum atomic E-state index is 12.7. The van der Waals surface area contributed by atoms with E-state index in [1.54, 1.807) is 10.7 Å². The molecule has 0 radical (unpaired) electrons. The van der Waals surface area contributed by atoms with Gasteiger partial charge in [0.05, 0.1) is 5.69 Å². The van der Waals surface area contributed by atoms with Gasteiger partial charge in [0.25, 0.3) is 0 Å². The average molecular weight is 348 g/mol. The highest BCUT2D eigenvalue weighted by molar-refractivity contribution is 7.89. The van der Waals surface area contributed by atoms with Crippen molar-refractivity contribution in [3.05, 3.63) is 18.0 Å². The first kappa shape index (κ1) is 16.0. The van der Waals surface area contributed by atoms with E-state index < -0.39 is 10.0 Å². The molecule has 0 saturated heterocycles. The lowest BCUT2D eigenvalue weighted by molar-refractivity contribution is 0.316. The fraction of sp³-hybridized carbons (Fsp3) is 0.647. The summed E-state index contributed by atoms with van der Waals surface area (Å²) in [5.41, 5.74) is 1.50. The molecule has 1 N–H and O–H groups in total. The SMILES string of the molecule is Cc1nn(C)c2ncc(S(=O)(=O)NC3CC3C3CCCCC3)cc12. The van der Waals surface area contributed by atoms with Crippen LogP contribution < -0.4 is 4.72 Å². The summed E-state index contributed by atoms with van der Waals surface area (Å²) in [6.07, 6.45) is 8.84. The number of aryl methyl sites for hydroxylation is 2. The Balaban J connectivity index is 1.52. The van der Waals surface area contributed by atoms with Gasteiger partial charge in [0.1, 0.15) is 4.90 Å². The quantitative estimate of drug-likeness (QED) is 0.921. The van der Waals surface area contributed by atoms with Gasteiger partial charge in [-0.1, -0.05) is 32.1 Å². The van der Waals surface area contributed by atoms with Crippen molar-refractivity contribution < 1.29 is 8.42 Å². The van der Waals surface area contributed by atoms with Crippen molar-refractivity contribution in [1.29, 1.82) is 0 Å². The monoisotopic (exact) mass is 348 g/mol. The summed E-state index contributed by atoms with van der Waals surface area (Å²) in [5.74, 6) is 1.23. The standard InChI is InChI=1S/C17H24N4O2S/c1-11-14-8-13(10-18-17(14)21(2)19-11)24(22,23)20-16-9-15(16)12-6-4-3-5-7-12/h8,10,12,15-16,20H,3-7,9H2,1-2H3. The van der Waals surface area contributed by atoms with Gasteiger partial charge in [0.2, 0.25) is 10.0 Å². The molecule has 6 nitrogen and oxygen atoms in total. The summed E-state index contributed by atoms with van der Waals surface area (Å²) in [4.78, 5) is 4.52. The van der Waals surface area contributed by atoms with Gasteiger partial charge < -0.3 is 0 Å².